The van der Waals surface area contributed by atoms with E-state index in [0.29, 0.717) is 12.4 Å². The molecular formula is C13H20N6. The van der Waals surface area contributed by atoms with Crippen molar-refractivity contribution in [1.29, 1.82) is 0 Å². The van der Waals surface area contributed by atoms with Gasteiger partial charge in [0.25, 0.3) is 0 Å². The molecule has 2 aromatic rings. The van der Waals surface area contributed by atoms with Crippen molar-refractivity contribution in [3.05, 3.63) is 28.8 Å². The maximum atomic E-state index is 5.86. The maximum Gasteiger partial charge on any atom is 0.134 e. The van der Waals surface area contributed by atoms with E-state index in [1.165, 1.54) is 11.9 Å². The molecule has 0 aliphatic heterocycles. The van der Waals surface area contributed by atoms with Crippen molar-refractivity contribution in [2.45, 2.75) is 33.7 Å². The summed E-state index contributed by atoms with van der Waals surface area (Å²) in [5, 5.41) is 7.73. The van der Waals surface area contributed by atoms with Gasteiger partial charge in [0.05, 0.1) is 5.69 Å². The average molecular weight is 260 g/mol. The molecule has 6 nitrogen and oxygen atoms in total. The lowest BCUT2D eigenvalue weighted by Gasteiger charge is -2.11. The molecule has 2 rings (SSSR count). The van der Waals surface area contributed by atoms with Gasteiger partial charge >= 0.3 is 0 Å². The Hall–Kier alpha value is -2.11. The van der Waals surface area contributed by atoms with Gasteiger partial charge in [0.2, 0.25) is 0 Å². The predicted octanol–water partition coefficient (Wildman–Crippen LogP) is 1.58. The number of anilines is 2. The summed E-state index contributed by atoms with van der Waals surface area (Å²) in [6.45, 7) is 6.81. The van der Waals surface area contributed by atoms with Crippen LogP contribution in [0.3, 0.4) is 0 Å². The molecule has 0 bridgehead atoms. The summed E-state index contributed by atoms with van der Waals surface area (Å²) in [4.78, 5) is 8.28. The van der Waals surface area contributed by atoms with Crippen molar-refractivity contribution in [1.82, 2.24) is 19.7 Å². The third-order valence-corrected chi connectivity index (χ3v) is 3.42. The highest BCUT2D eigenvalue weighted by Gasteiger charge is 2.11. The van der Waals surface area contributed by atoms with Crippen LogP contribution in [0.5, 0.6) is 0 Å². The molecule has 2 aromatic heterocycles. The first-order valence-electron chi connectivity index (χ1n) is 6.36. The zero-order valence-electron chi connectivity index (χ0n) is 11.9. The normalized spacial score (nSPS) is 10.7. The van der Waals surface area contributed by atoms with E-state index in [1.54, 1.807) is 0 Å². The van der Waals surface area contributed by atoms with Gasteiger partial charge in [0.15, 0.2) is 0 Å². The van der Waals surface area contributed by atoms with Gasteiger partial charge in [-0.1, -0.05) is 6.92 Å². The zero-order chi connectivity index (χ0) is 14.0. The number of rotatable bonds is 4. The number of hydrogen-bond acceptors (Lipinski definition) is 5. The third kappa shape index (κ3) is 2.52. The van der Waals surface area contributed by atoms with Crippen LogP contribution < -0.4 is 11.1 Å². The second-order valence-corrected chi connectivity index (χ2v) is 4.57. The Labute approximate surface area is 113 Å². The summed E-state index contributed by atoms with van der Waals surface area (Å²) >= 11 is 0. The van der Waals surface area contributed by atoms with E-state index >= 15 is 0 Å². The Bertz CT molecular complexity index is 587. The second-order valence-electron chi connectivity index (χ2n) is 4.57. The lowest BCUT2D eigenvalue weighted by Crippen LogP contribution is -2.09. The minimum Gasteiger partial charge on any atom is -0.383 e. The Kier molecular flexibility index (Phi) is 3.69. The molecule has 102 valence electrons. The van der Waals surface area contributed by atoms with Crippen molar-refractivity contribution in [2.75, 3.05) is 11.1 Å². The fourth-order valence-electron chi connectivity index (χ4n) is 2.17. The Morgan fingerprint density at radius 3 is 2.58 bits per heavy atom. The van der Waals surface area contributed by atoms with Crippen molar-refractivity contribution in [3.8, 4) is 0 Å². The van der Waals surface area contributed by atoms with Crippen LogP contribution in [0, 0.1) is 13.8 Å². The topological polar surface area (TPSA) is 81.7 Å². The molecule has 0 spiro atoms. The number of nitrogen functional groups attached to an aromatic ring is 1. The van der Waals surface area contributed by atoms with Gasteiger partial charge in [-0.15, -0.1) is 0 Å². The van der Waals surface area contributed by atoms with Crippen molar-refractivity contribution in [2.24, 2.45) is 7.05 Å². The zero-order valence-corrected chi connectivity index (χ0v) is 11.9. The number of hydrogen-bond donors (Lipinski definition) is 2. The number of nitrogens with zero attached hydrogens (tertiary/aromatic N) is 4. The summed E-state index contributed by atoms with van der Waals surface area (Å²) < 4.78 is 1.89. The van der Waals surface area contributed by atoms with Crippen LogP contribution in [0.25, 0.3) is 0 Å². The number of aryl methyl sites for hydroxylation is 2. The van der Waals surface area contributed by atoms with Crippen LogP contribution >= 0.6 is 0 Å². The molecule has 0 atom stereocenters. The van der Waals surface area contributed by atoms with Crippen LogP contribution in [0.1, 0.15) is 29.4 Å². The first-order valence-corrected chi connectivity index (χ1v) is 6.36. The van der Waals surface area contributed by atoms with Crippen LogP contribution in [0.15, 0.2) is 6.33 Å². The smallest absolute Gasteiger partial charge is 0.134 e. The lowest BCUT2D eigenvalue weighted by molar-refractivity contribution is 0.730. The summed E-state index contributed by atoms with van der Waals surface area (Å²) in [7, 11) is 1.95. The highest BCUT2D eigenvalue weighted by molar-refractivity contribution is 5.55. The summed E-state index contributed by atoms with van der Waals surface area (Å²) in [5.41, 5.74) is 10.2. The predicted molar refractivity (Wildman–Crippen MR) is 75.8 cm³/mol. The second kappa shape index (κ2) is 5.26. The van der Waals surface area contributed by atoms with Gasteiger partial charge in [-0.25, -0.2) is 9.97 Å². The van der Waals surface area contributed by atoms with E-state index in [2.05, 4.69) is 27.3 Å². The molecule has 3 N–H and O–H groups in total. The number of aromatic nitrogens is 4. The maximum absolute atomic E-state index is 5.86. The van der Waals surface area contributed by atoms with Crippen LogP contribution in [-0.2, 0) is 20.0 Å². The SMILES string of the molecule is CCc1c(N)ncnc1NCc1c(C)nn(C)c1C. The first-order chi connectivity index (χ1) is 9.04. The lowest BCUT2D eigenvalue weighted by atomic mass is 10.2. The van der Waals surface area contributed by atoms with Gasteiger partial charge in [-0.2, -0.15) is 5.10 Å². The molecule has 6 heteroatoms. The molecule has 0 aromatic carbocycles. The van der Waals surface area contributed by atoms with Gasteiger partial charge < -0.3 is 11.1 Å². The fourth-order valence-corrected chi connectivity index (χ4v) is 2.17. The summed E-state index contributed by atoms with van der Waals surface area (Å²) in [5.74, 6) is 1.34. The monoisotopic (exact) mass is 260 g/mol. The minimum atomic E-state index is 0.541. The molecule has 0 unspecified atom stereocenters. The van der Waals surface area contributed by atoms with Gasteiger partial charge in [-0.05, 0) is 20.3 Å². The standard InChI is InChI=1S/C13H20N6/c1-5-10-12(14)16-7-17-13(10)15-6-11-8(2)18-19(4)9(11)3/h7H,5-6H2,1-4H3,(H3,14,15,16,17). The van der Waals surface area contributed by atoms with Gasteiger partial charge in [0, 0.05) is 30.4 Å². The molecule has 0 saturated heterocycles. The van der Waals surface area contributed by atoms with E-state index in [0.717, 1.165) is 29.2 Å². The first kappa shape index (κ1) is 13.3. The average Bonchev–Trinajstić information content (AvgIpc) is 2.61. The molecule has 0 radical (unpaired) electrons. The molecule has 2 heterocycles. The van der Waals surface area contributed by atoms with E-state index in [-0.39, 0.29) is 0 Å². The van der Waals surface area contributed by atoms with Crippen molar-refractivity contribution in [3.63, 3.8) is 0 Å². The minimum absolute atomic E-state index is 0.541. The Balaban J connectivity index is 2.21. The quantitative estimate of drug-likeness (QED) is 0.872. The van der Waals surface area contributed by atoms with E-state index in [1.807, 2.05) is 25.6 Å². The largest absolute Gasteiger partial charge is 0.383 e. The molecular weight excluding hydrogens is 240 g/mol. The number of nitrogens with one attached hydrogen (secondary N) is 1. The highest BCUT2D eigenvalue weighted by atomic mass is 15.3. The van der Waals surface area contributed by atoms with Crippen molar-refractivity contribution >= 4 is 11.6 Å². The van der Waals surface area contributed by atoms with E-state index in [4.69, 9.17) is 5.73 Å². The van der Waals surface area contributed by atoms with Crippen molar-refractivity contribution < 1.29 is 0 Å². The highest BCUT2D eigenvalue weighted by Crippen LogP contribution is 2.19. The van der Waals surface area contributed by atoms with Gasteiger partial charge in [0.1, 0.15) is 18.0 Å². The molecule has 19 heavy (non-hydrogen) atoms. The third-order valence-electron chi connectivity index (χ3n) is 3.42. The number of nitrogens with two attached hydrogens (primary N) is 1. The van der Waals surface area contributed by atoms with E-state index < -0.39 is 0 Å². The molecule has 0 aliphatic rings. The molecule has 0 amide bonds. The summed E-state index contributed by atoms with van der Waals surface area (Å²) in [6, 6.07) is 0. The fraction of sp³-hybridized carbons (Fsp3) is 0.462. The Morgan fingerprint density at radius 1 is 1.26 bits per heavy atom. The van der Waals surface area contributed by atoms with Gasteiger partial charge in [-0.3, -0.25) is 4.68 Å². The van der Waals surface area contributed by atoms with Crippen LogP contribution in [0.4, 0.5) is 11.6 Å². The van der Waals surface area contributed by atoms with E-state index in [9.17, 15) is 0 Å². The van der Waals surface area contributed by atoms with Crippen LogP contribution in [-0.4, -0.2) is 19.7 Å². The molecule has 0 saturated carbocycles. The molecule has 0 aliphatic carbocycles. The summed E-state index contributed by atoms with van der Waals surface area (Å²) in [6.07, 6.45) is 2.29. The van der Waals surface area contributed by atoms with Crippen LogP contribution in [0.2, 0.25) is 0 Å². The molecule has 0 fully saturated rings. The Morgan fingerprint density at radius 2 is 2.00 bits per heavy atom.